The molecule has 1 N–H and O–H groups in total. The summed E-state index contributed by atoms with van der Waals surface area (Å²) in [6, 6.07) is 4.04. The van der Waals surface area contributed by atoms with Crippen molar-refractivity contribution in [3.63, 3.8) is 0 Å². The lowest BCUT2D eigenvalue weighted by atomic mass is 9.57. The predicted molar refractivity (Wildman–Crippen MR) is 78.8 cm³/mol. The summed E-state index contributed by atoms with van der Waals surface area (Å²) in [5, 5.41) is 3.42. The standard InChI is InChI=1S/C17H25F2N/c1-3-5-13-10-17(11-13,12-20-8-4-2)15-7-6-14(18)9-16(15)19/h6-7,9,13,20H,3-5,8,10-12H2,1-2H3. The van der Waals surface area contributed by atoms with E-state index in [9.17, 15) is 8.78 Å². The molecular weight excluding hydrogens is 256 g/mol. The SMILES string of the molecule is CCCNCC1(c2ccc(F)cc2F)CC(CCC)C1. The van der Waals surface area contributed by atoms with Crippen molar-refractivity contribution >= 4 is 0 Å². The Balaban J connectivity index is 2.14. The minimum atomic E-state index is -0.493. The van der Waals surface area contributed by atoms with Crippen molar-refractivity contribution in [2.45, 2.75) is 51.4 Å². The largest absolute Gasteiger partial charge is 0.316 e. The van der Waals surface area contributed by atoms with Crippen molar-refractivity contribution in [3.05, 3.63) is 35.4 Å². The maximum atomic E-state index is 14.1. The lowest BCUT2D eigenvalue weighted by molar-refractivity contribution is 0.124. The smallest absolute Gasteiger partial charge is 0.129 e. The third-order valence-corrected chi connectivity index (χ3v) is 4.45. The quantitative estimate of drug-likeness (QED) is 0.730. The van der Waals surface area contributed by atoms with E-state index in [1.165, 1.54) is 18.9 Å². The van der Waals surface area contributed by atoms with Gasteiger partial charge >= 0.3 is 0 Å². The summed E-state index contributed by atoms with van der Waals surface area (Å²) < 4.78 is 27.2. The molecular formula is C17H25F2N. The fourth-order valence-electron chi connectivity index (χ4n) is 3.54. The first kappa shape index (κ1) is 15.4. The maximum absolute atomic E-state index is 14.1. The Bertz CT molecular complexity index is 433. The van der Waals surface area contributed by atoms with E-state index in [0.717, 1.165) is 38.4 Å². The van der Waals surface area contributed by atoms with Crippen molar-refractivity contribution < 1.29 is 8.78 Å². The van der Waals surface area contributed by atoms with Crippen LogP contribution in [0.3, 0.4) is 0 Å². The molecule has 1 nitrogen and oxygen atoms in total. The van der Waals surface area contributed by atoms with Crippen molar-refractivity contribution in [1.82, 2.24) is 5.32 Å². The molecule has 0 aromatic heterocycles. The van der Waals surface area contributed by atoms with E-state index in [2.05, 4.69) is 19.2 Å². The van der Waals surface area contributed by atoms with Crippen LogP contribution in [0.25, 0.3) is 0 Å². The monoisotopic (exact) mass is 281 g/mol. The lowest BCUT2D eigenvalue weighted by Gasteiger charge is -2.49. The minimum absolute atomic E-state index is 0.132. The number of hydrogen-bond donors (Lipinski definition) is 1. The fraction of sp³-hybridized carbons (Fsp3) is 0.647. The molecule has 1 aliphatic carbocycles. The minimum Gasteiger partial charge on any atom is -0.316 e. The van der Waals surface area contributed by atoms with Gasteiger partial charge in [-0.3, -0.25) is 0 Å². The van der Waals surface area contributed by atoms with Gasteiger partial charge < -0.3 is 5.32 Å². The summed E-state index contributed by atoms with van der Waals surface area (Å²) in [6.07, 6.45) is 5.48. The van der Waals surface area contributed by atoms with Gasteiger partial charge in [0.1, 0.15) is 11.6 Å². The Morgan fingerprint density at radius 2 is 1.95 bits per heavy atom. The average molecular weight is 281 g/mol. The third-order valence-electron chi connectivity index (χ3n) is 4.45. The number of rotatable bonds is 7. The number of hydrogen-bond acceptors (Lipinski definition) is 1. The summed E-state index contributed by atoms with van der Waals surface area (Å²) in [4.78, 5) is 0. The van der Waals surface area contributed by atoms with Crippen LogP contribution in [0.15, 0.2) is 18.2 Å². The van der Waals surface area contributed by atoms with Gasteiger partial charge in [0.25, 0.3) is 0 Å². The van der Waals surface area contributed by atoms with Crippen LogP contribution in [0.2, 0.25) is 0 Å². The molecule has 0 bridgehead atoms. The molecule has 0 unspecified atom stereocenters. The topological polar surface area (TPSA) is 12.0 Å². The summed E-state index contributed by atoms with van der Waals surface area (Å²) >= 11 is 0. The first-order valence-corrected chi connectivity index (χ1v) is 7.77. The summed E-state index contributed by atoms with van der Waals surface area (Å²) in [6.45, 7) is 6.05. The van der Waals surface area contributed by atoms with Gasteiger partial charge in [-0.25, -0.2) is 8.78 Å². The fourth-order valence-corrected chi connectivity index (χ4v) is 3.54. The summed E-state index contributed by atoms with van der Waals surface area (Å²) in [7, 11) is 0. The van der Waals surface area contributed by atoms with E-state index in [0.29, 0.717) is 11.5 Å². The molecule has 1 aromatic rings. The molecule has 112 valence electrons. The Labute approximate surface area is 120 Å². The van der Waals surface area contributed by atoms with Gasteiger partial charge in [-0.1, -0.05) is 32.8 Å². The Kier molecular flexibility index (Phi) is 5.14. The predicted octanol–water partition coefficient (Wildman–Crippen LogP) is 4.41. The molecule has 0 spiro atoms. The average Bonchev–Trinajstić information content (AvgIpc) is 2.36. The van der Waals surface area contributed by atoms with Crippen molar-refractivity contribution in [3.8, 4) is 0 Å². The van der Waals surface area contributed by atoms with Gasteiger partial charge in [-0.15, -0.1) is 0 Å². The highest BCUT2D eigenvalue weighted by Gasteiger charge is 2.45. The van der Waals surface area contributed by atoms with Gasteiger partial charge in [-0.05, 0) is 43.4 Å². The zero-order chi connectivity index (χ0) is 14.6. The van der Waals surface area contributed by atoms with Crippen molar-refractivity contribution in [1.29, 1.82) is 0 Å². The molecule has 2 rings (SSSR count). The highest BCUT2D eigenvalue weighted by atomic mass is 19.1. The molecule has 1 fully saturated rings. The van der Waals surface area contributed by atoms with Gasteiger partial charge in [-0.2, -0.15) is 0 Å². The van der Waals surface area contributed by atoms with Crippen LogP contribution >= 0.6 is 0 Å². The highest BCUT2D eigenvalue weighted by molar-refractivity contribution is 5.31. The lowest BCUT2D eigenvalue weighted by Crippen LogP contribution is -2.49. The zero-order valence-corrected chi connectivity index (χ0v) is 12.5. The molecule has 0 heterocycles. The molecule has 0 amide bonds. The van der Waals surface area contributed by atoms with Crippen LogP contribution < -0.4 is 5.32 Å². The van der Waals surface area contributed by atoms with E-state index in [1.807, 2.05) is 0 Å². The molecule has 20 heavy (non-hydrogen) atoms. The first-order valence-electron chi connectivity index (χ1n) is 7.77. The number of benzene rings is 1. The Morgan fingerprint density at radius 1 is 1.20 bits per heavy atom. The molecule has 1 aromatic carbocycles. The number of halogens is 2. The second-order valence-corrected chi connectivity index (χ2v) is 6.14. The van der Waals surface area contributed by atoms with Crippen molar-refractivity contribution in [2.75, 3.05) is 13.1 Å². The van der Waals surface area contributed by atoms with Crippen LogP contribution in [0.5, 0.6) is 0 Å². The van der Waals surface area contributed by atoms with Crippen molar-refractivity contribution in [2.24, 2.45) is 5.92 Å². The second kappa shape index (κ2) is 6.66. The number of nitrogens with one attached hydrogen (secondary N) is 1. The zero-order valence-electron chi connectivity index (χ0n) is 12.5. The van der Waals surface area contributed by atoms with Crippen LogP contribution in [0.4, 0.5) is 8.78 Å². The normalized spacial score (nSPS) is 25.5. The van der Waals surface area contributed by atoms with E-state index >= 15 is 0 Å². The third kappa shape index (κ3) is 3.20. The highest BCUT2D eigenvalue weighted by Crippen LogP contribution is 2.50. The van der Waals surface area contributed by atoms with Crippen LogP contribution in [0, 0.1) is 17.6 Å². The van der Waals surface area contributed by atoms with Crippen LogP contribution in [-0.4, -0.2) is 13.1 Å². The van der Waals surface area contributed by atoms with Gasteiger partial charge in [0, 0.05) is 18.0 Å². The molecule has 3 heteroatoms. The van der Waals surface area contributed by atoms with E-state index in [-0.39, 0.29) is 5.41 Å². The first-order chi connectivity index (χ1) is 9.61. The molecule has 0 aliphatic heterocycles. The van der Waals surface area contributed by atoms with Crippen LogP contribution in [0.1, 0.15) is 51.5 Å². The molecule has 1 aliphatic rings. The molecule has 0 atom stereocenters. The summed E-state index contributed by atoms with van der Waals surface area (Å²) in [5.41, 5.74) is 0.558. The Morgan fingerprint density at radius 3 is 2.55 bits per heavy atom. The van der Waals surface area contributed by atoms with Gasteiger partial charge in [0.15, 0.2) is 0 Å². The molecule has 0 radical (unpaired) electrons. The molecule has 0 saturated heterocycles. The summed E-state index contributed by atoms with van der Waals surface area (Å²) in [5.74, 6) is -0.196. The maximum Gasteiger partial charge on any atom is 0.129 e. The van der Waals surface area contributed by atoms with Crippen LogP contribution in [-0.2, 0) is 5.41 Å². The Hall–Kier alpha value is -0.960. The van der Waals surface area contributed by atoms with E-state index in [1.54, 1.807) is 6.07 Å². The van der Waals surface area contributed by atoms with Gasteiger partial charge in [0.05, 0.1) is 0 Å². The van der Waals surface area contributed by atoms with Gasteiger partial charge in [0.2, 0.25) is 0 Å². The van der Waals surface area contributed by atoms with E-state index < -0.39 is 11.6 Å². The second-order valence-electron chi connectivity index (χ2n) is 6.14. The van der Waals surface area contributed by atoms with E-state index in [4.69, 9.17) is 0 Å². The molecule has 1 saturated carbocycles.